The molecule has 1 N–H and O–H groups in total. The highest BCUT2D eigenvalue weighted by molar-refractivity contribution is 5.73. The molecule has 0 spiro atoms. The van der Waals surface area contributed by atoms with Crippen LogP contribution in [0, 0.1) is 12.3 Å². The van der Waals surface area contributed by atoms with Crippen molar-refractivity contribution in [1.82, 2.24) is 9.55 Å². The van der Waals surface area contributed by atoms with Gasteiger partial charge in [0.1, 0.15) is 0 Å². The highest BCUT2D eigenvalue weighted by atomic mass is 16.2. The second-order valence-electron chi connectivity index (χ2n) is 2.29. The molecule has 5 nitrogen and oxygen atoms in total. The van der Waals surface area contributed by atoms with E-state index in [1.807, 2.05) is 4.98 Å². The van der Waals surface area contributed by atoms with Crippen molar-refractivity contribution in [3.05, 3.63) is 32.6 Å². The maximum absolute atomic E-state index is 11.0. The standard InChI is InChI=1S/C8H6N2O3/c1-2-3-10-4-6(5-11)7(12)9-8(10)13/h1,4-5H,3H2,(H,9,12,13). The number of carbonyl (C=O) groups is 1. The molecule has 1 heterocycles. The van der Waals surface area contributed by atoms with Crippen LogP contribution in [0.3, 0.4) is 0 Å². The number of nitrogens with zero attached hydrogens (tertiary/aromatic N) is 1. The zero-order valence-corrected chi connectivity index (χ0v) is 6.61. The van der Waals surface area contributed by atoms with Gasteiger partial charge < -0.3 is 0 Å². The molecule has 0 aliphatic carbocycles. The SMILES string of the molecule is C#CCn1cc(C=O)c(=O)[nH]c1=O. The molecule has 0 radical (unpaired) electrons. The zero-order chi connectivity index (χ0) is 9.84. The van der Waals surface area contributed by atoms with Crippen LogP contribution in [0.25, 0.3) is 0 Å². The number of hydrogen-bond donors (Lipinski definition) is 1. The molecule has 0 amide bonds. The number of aromatic nitrogens is 2. The van der Waals surface area contributed by atoms with E-state index in [4.69, 9.17) is 6.42 Å². The number of hydrogen-bond acceptors (Lipinski definition) is 3. The molecule has 5 heteroatoms. The van der Waals surface area contributed by atoms with Crippen molar-refractivity contribution in [2.24, 2.45) is 0 Å². The van der Waals surface area contributed by atoms with Crippen molar-refractivity contribution in [2.75, 3.05) is 0 Å². The second-order valence-corrected chi connectivity index (χ2v) is 2.29. The summed E-state index contributed by atoms with van der Waals surface area (Å²) in [6, 6.07) is 0. The van der Waals surface area contributed by atoms with Crippen LogP contribution in [0.1, 0.15) is 10.4 Å². The predicted molar refractivity (Wildman–Crippen MR) is 45.5 cm³/mol. The van der Waals surface area contributed by atoms with Crippen molar-refractivity contribution < 1.29 is 4.79 Å². The van der Waals surface area contributed by atoms with Gasteiger partial charge in [0.05, 0.1) is 12.1 Å². The molecule has 0 saturated carbocycles. The van der Waals surface area contributed by atoms with E-state index in [-0.39, 0.29) is 12.1 Å². The summed E-state index contributed by atoms with van der Waals surface area (Å²) in [7, 11) is 0. The van der Waals surface area contributed by atoms with Crippen molar-refractivity contribution in [3.63, 3.8) is 0 Å². The van der Waals surface area contributed by atoms with E-state index in [0.29, 0.717) is 6.29 Å². The summed E-state index contributed by atoms with van der Waals surface area (Å²) in [6.07, 6.45) is 6.47. The monoisotopic (exact) mass is 178 g/mol. The Hall–Kier alpha value is -2.09. The normalized spacial score (nSPS) is 9.15. The Morgan fingerprint density at radius 1 is 1.62 bits per heavy atom. The van der Waals surface area contributed by atoms with Gasteiger partial charge in [0.25, 0.3) is 5.56 Å². The van der Waals surface area contributed by atoms with Crippen molar-refractivity contribution >= 4 is 6.29 Å². The predicted octanol–water partition coefficient (Wildman–Crippen LogP) is -1.02. The average molecular weight is 178 g/mol. The van der Waals surface area contributed by atoms with E-state index in [9.17, 15) is 14.4 Å². The first-order valence-electron chi connectivity index (χ1n) is 3.41. The molecule has 0 bridgehead atoms. The Kier molecular flexibility index (Phi) is 2.45. The quantitative estimate of drug-likeness (QED) is 0.465. The Bertz CT molecular complexity index is 475. The lowest BCUT2D eigenvalue weighted by Crippen LogP contribution is -2.31. The molecule has 1 rings (SSSR count). The van der Waals surface area contributed by atoms with Gasteiger partial charge in [0.2, 0.25) is 0 Å². The van der Waals surface area contributed by atoms with Gasteiger partial charge in [-0.05, 0) is 0 Å². The Morgan fingerprint density at radius 3 is 2.85 bits per heavy atom. The summed E-state index contributed by atoms with van der Waals surface area (Å²) >= 11 is 0. The van der Waals surface area contributed by atoms with Crippen LogP contribution >= 0.6 is 0 Å². The molecule has 1 aromatic heterocycles. The van der Waals surface area contributed by atoms with E-state index in [0.717, 1.165) is 10.8 Å². The van der Waals surface area contributed by atoms with Crippen LogP contribution in [-0.2, 0) is 6.54 Å². The van der Waals surface area contributed by atoms with Crippen molar-refractivity contribution in [1.29, 1.82) is 0 Å². The molecule has 0 unspecified atom stereocenters. The van der Waals surface area contributed by atoms with Gasteiger partial charge in [-0.2, -0.15) is 0 Å². The van der Waals surface area contributed by atoms with Gasteiger partial charge in [-0.3, -0.25) is 19.1 Å². The number of terminal acetylenes is 1. The van der Waals surface area contributed by atoms with Gasteiger partial charge in [0.15, 0.2) is 6.29 Å². The largest absolute Gasteiger partial charge is 0.329 e. The highest BCUT2D eigenvalue weighted by Crippen LogP contribution is 1.81. The lowest BCUT2D eigenvalue weighted by atomic mass is 10.4. The minimum absolute atomic E-state index is 0.0243. The number of rotatable bonds is 2. The number of H-pyrrole nitrogens is 1. The number of aromatic amines is 1. The van der Waals surface area contributed by atoms with Gasteiger partial charge in [-0.25, -0.2) is 4.79 Å². The molecule has 1 aromatic rings. The zero-order valence-electron chi connectivity index (χ0n) is 6.61. The minimum atomic E-state index is -0.701. The first-order chi connectivity index (χ1) is 6.19. The summed E-state index contributed by atoms with van der Waals surface area (Å²) in [4.78, 5) is 34.1. The van der Waals surface area contributed by atoms with Crippen LogP contribution in [-0.4, -0.2) is 15.8 Å². The van der Waals surface area contributed by atoms with E-state index < -0.39 is 11.2 Å². The summed E-state index contributed by atoms with van der Waals surface area (Å²) in [5.74, 6) is 2.22. The number of aldehydes is 1. The molecule has 0 fully saturated rings. The topological polar surface area (TPSA) is 71.9 Å². The molecule has 0 atom stereocenters. The third kappa shape index (κ3) is 1.73. The van der Waals surface area contributed by atoms with Crippen LogP contribution in [0.2, 0.25) is 0 Å². The first-order valence-corrected chi connectivity index (χ1v) is 3.41. The fourth-order valence-corrected chi connectivity index (χ4v) is 0.826. The van der Waals surface area contributed by atoms with Gasteiger partial charge >= 0.3 is 5.69 Å². The number of nitrogens with one attached hydrogen (secondary N) is 1. The second kappa shape index (κ2) is 3.54. The molecule has 66 valence electrons. The number of carbonyl (C=O) groups excluding carboxylic acids is 1. The first kappa shape index (κ1) is 9.00. The van der Waals surface area contributed by atoms with Crippen LogP contribution in [0.5, 0.6) is 0 Å². The molecular weight excluding hydrogens is 172 g/mol. The summed E-state index contributed by atoms with van der Waals surface area (Å²) < 4.78 is 1.07. The molecule has 0 aliphatic heterocycles. The molecule has 13 heavy (non-hydrogen) atoms. The van der Waals surface area contributed by atoms with E-state index in [1.165, 1.54) is 0 Å². The van der Waals surface area contributed by atoms with E-state index >= 15 is 0 Å². The highest BCUT2D eigenvalue weighted by Gasteiger charge is 2.01. The minimum Gasteiger partial charge on any atom is -0.298 e. The summed E-state index contributed by atoms with van der Waals surface area (Å²) in [5, 5.41) is 0. The van der Waals surface area contributed by atoms with Crippen LogP contribution < -0.4 is 11.2 Å². The third-order valence-corrected chi connectivity index (χ3v) is 1.43. The van der Waals surface area contributed by atoms with Crippen molar-refractivity contribution in [2.45, 2.75) is 6.54 Å². The lowest BCUT2D eigenvalue weighted by molar-refractivity contribution is 0.112. The Morgan fingerprint density at radius 2 is 2.31 bits per heavy atom. The van der Waals surface area contributed by atoms with Crippen LogP contribution in [0.4, 0.5) is 0 Å². The Balaban J connectivity index is 3.41. The maximum Gasteiger partial charge on any atom is 0.329 e. The maximum atomic E-state index is 11.0. The van der Waals surface area contributed by atoms with Gasteiger partial charge in [0, 0.05) is 6.20 Å². The van der Waals surface area contributed by atoms with Gasteiger partial charge in [-0.1, -0.05) is 5.92 Å². The molecule has 0 aromatic carbocycles. The fourth-order valence-electron chi connectivity index (χ4n) is 0.826. The Labute approximate surface area is 73.0 Å². The fraction of sp³-hybridized carbons (Fsp3) is 0.125. The third-order valence-electron chi connectivity index (χ3n) is 1.43. The molecule has 0 aliphatic rings. The average Bonchev–Trinajstić information content (AvgIpc) is 2.10. The van der Waals surface area contributed by atoms with E-state index in [2.05, 4.69) is 5.92 Å². The summed E-state index contributed by atoms with van der Waals surface area (Å²) in [5.41, 5.74) is -1.43. The molecular formula is C8H6N2O3. The van der Waals surface area contributed by atoms with E-state index in [1.54, 1.807) is 0 Å². The van der Waals surface area contributed by atoms with Gasteiger partial charge in [-0.15, -0.1) is 6.42 Å². The summed E-state index contributed by atoms with van der Waals surface area (Å²) in [6.45, 7) is 0.0243. The smallest absolute Gasteiger partial charge is 0.298 e. The molecule has 0 saturated heterocycles. The van der Waals surface area contributed by atoms with Crippen molar-refractivity contribution in [3.8, 4) is 12.3 Å². The lowest BCUT2D eigenvalue weighted by Gasteiger charge is -1.98. The van der Waals surface area contributed by atoms with Crippen LogP contribution in [0.15, 0.2) is 15.8 Å².